The highest BCUT2D eigenvalue weighted by Crippen LogP contribution is 2.24. The zero-order valence-corrected chi connectivity index (χ0v) is 13.6. The lowest BCUT2D eigenvalue weighted by molar-refractivity contribution is -0.135. The van der Waals surface area contributed by atoms with Crippen molar-refractivity contribution < 1.29 is 4.79 Å². The van der Waals surface area contributed by atoms with Gasteiger partial charge in [-0.15, -0.1) is 0 Å². The summed E-state index contributed by atoms with van der Waals surface area (Å²) in [4.78, 5) is 14.5. The molecule has 1 fully saturated rings. The van der Waals surface area contributed by atoms with E-state index in [0.717, 1.165) is 23.9 Å². The molecule has 20 heavy (non-hydrogen) atoms. The summed E-state index contributed by atoms with van der Waals surface area (Å²) in [6.45, 7) is 3.56. The molecule has 1 aliphatic rings. The van der Waals surface area contributed by atoms with E-state index in [1.165, 1.54) is 12.0 Å². The first kappa shape index (κ1) is 15.5. The number of piperidine rings is 1. The Kier molecular flexibility index (Phi) is 5.61. The normalized spacial score (nSPS) is 20.8. The molecule has 4 heteroatoms. The Balaban J connectivity index is 1.97. The van der Waals surface area contributed by atoms with Crippen molar-refractivity contribution in [3.8, 4) is 0 Å². The second-order valence-electron chi connectivity index (χ2n) is 5.63. The van der Waals surface area contributed by atoms with Crippen molar-refractivity contribution in [2.45, 2.75) is 44.6 Å². The summed E-state index contributed by atoms with van der Waals surface area (Å²) in [6, 6.07) is 8.46. The molecule has 1 aromatic rings. The molecule has 0 aromatic heterocycles. The fourth-order valence-electron chi connectivity index (χ4n) is 2.86. The topological polar surface area (TPSA) is 46.3 Å². The number of hydrogen-bond donors (Lipinski definition) is 1. The van der Waals surface area contributed by atoms with E-state index in [1.807, 2.05) is 17.0 Å². The van der Waals surface area contributed by atoms with Crippen molar-refractivity contribution in [2.75, 3.05) is 13.1 Å². The Morgan fingerprint density at radius 2 is 2.10 bits per heavy atom. The average Bonchev–Trinajstić information content (AvgIpc) is 2.47. The van der Waals surface area contributed by atoms with Gasteiger partial charge in [-0.25, -0.2) is 0 Å². The minimum atomic E-state index is 0.244. The van der Waals surface area contributed by atoms with Crippen molar-refractivity contribution >= 4 is 21.8 Å². The lowest BCUT2D eigenvalue weighted by Crippen LogP contribution is -2.47. The maximum absolute atomic E-state index is 12.5. The van der Waals surface area contributed by atoms with E-state index >= 15 is 0 Å². The number of likely N-dealkylation sites (tertiary alicyclic amines) is 1. The zero-order valence-electron chi connectivity index (χ0n) is 12.0. The highest BCUT2D eigenvalue weighted by Gasteiger charge is 2.26. The number of rotatable bonds is 4. The van der Waals surface area contributed by atoms with Crippen LogP contribution in [0, 0.1) is 0 Å². The van der Waals surface area contributed by atoms with Gasteiger partial charge in [0.05, 0.1) is 0 Å². The molecule has 1 saturated heterocycles. The van der Waals surface area contributed by atoms with E-state index < -0.39 is 0 Å². The average molecular weight is 339 g/mol. The van der Waals surface area contributed by atoms with Crippen LogP contribution in [0.3, 0.4) is 0 Å². The van der Waals surface area contributed by atoms with Crippen LogP contribution in [-0.2, 0) is 4.79 Å². The number of carbonyl (C=O) groups is 1. The Morgan fingerprint density at radius 3 is 2.75 bits per heavy atom. The molecular weight excluding hydrogens is 316 g/mol. The molecule has 0 spiro atoms. The van der Waals surface area contributed by atoms with Crippen LogP contribution in [0.4, 0.5) is 0 Å². The molecular formula is C16H23BrN2O. The molecule has 1 aromatic carbocycles. The third-order valence-electron chi connectivity index (χ3n) is 4.14. The van der Waals surface area contributed by atoms with Crippen LogP contribution in [0.1, 0.15) is 44.1 Å². The minimum absolute atomic E-state index is 0.244. The molecule has 2 atom stereocenters. The predicted octanol–water partition coefficient (Wildman–Crippen LogP) is 3.28. The van der Waals surface area contributed by atoms with Crippen LogP contribution in [0.15, 0.2) is 28.7 Å². The number of carbonyl (C=O) groups excluding carboxylic acids is 1. The van der Waals surface area contributed by atoms with Crippen molar-refractivity contribution in [1.29, 1.82) is 0 Å². The van der Waals surface area contributed by atoms with Gasteiger partial charge in [0, 0.05) is 30.0 Å². The van der Waals surface area contributed by atoms with Crippen LogP contribution in [-0.4, -0.2) is 29.9 Å². The molecule has 2 rings (SSSR count). The highest BCUT2D eigenvalue weighted by atomic mass is 79.9. The quantitative estimate of drug-likeness (QED) is 0.915. The maximum atomic E-state index is 12.5. The Morgan fingerprint density at radius 1 is 1.40 bits per heavy atom. The molecule has 0 saturated carbocycles. The van der Waals surface area contributed by atoms with Crippen LogP contribution in [0.5, 0.6) is 0 Å². The molecule has 0 bridgehead atoms. The molecule has 110 valence electrons. The van der Waals surface area contributed by atoms with E-state index in [4.69, 9.17) is 5.73 Å². The summed E-state index contributed by atoms with van der Waals surface area (Å²) >= 11 is 3.44. The van der Waals surface area contributed by atoms with Gasteiger partial charge in [0.1, 0.15) is 0 Å². The molecule has 0 radical (unpaired) electrons. The van der Waals surface area contributed by atoms with Crippen LogP contribution in [0.25, 0.3) is 0 Å². The van der Waals surface area contributed by atoms with Crippen molar-refractivity contribution in [1.82, 2.24) is 4.90 Å². The van der Waals surface area contributed by atoms with Crippen LogP contribution in [0.2, 0.25) is 0 Å². The van der Waals surface area contributed by atoms with Crippen LogP contribution < -0.4 is 5.73 Å². The largest absolute Gasteiger partial charge is 0.338 e. The van der Waals surface area contributed by atoms with Gasteiger partial charge in [-0.3, -0.25) is 4.79 Å². The summed E-state index contributed by atoms with van der Waals surface area (Å²) in [5, 5.41) is 0. The van der Waals surface area contributed by atoms with Crippen molar-refractivity contribution in [2.24, 2.45) is 5.73 Å². The summed E-state index contributed by atoms with van der Waals surface area (Å²) in [5.74, 6) is 0.492. The standard InChI is InChI=1S/C16H23BrN2O/c1-12(13-5-7-14(17)8-6-13)10-16(20)19-9-3-2-4-15(19)11-18/h5-8,12,15H,2-4,9-11,18H2,1H3. The summed E-state index contributed by atoms with van der Waals surface area (Å²) in [7, 11) is 0. The van der Waals surface area contributed by atoms with Gasteiger partial charge in [-0.05, 0) is 42.9 Å². The third kappa shape index (κ3) is 3.83. The third-order valence-corrected chi connectivity index (χ3v) is 4.67. The Labute approximate surface area is 129 Å². The molecule has 1 heterocycles. The second-order valence-corrected chi connectivity index (χ2v) is 6.54. The number of halogens is 1. The Hall–Kier alpha value is -0.870. The van der Waals surface area contributed by atoms with Gasteiger partial charge < -0.3 is 10.6 Å². The fraction of sp³-hybridized carbons (Fsp3) is 0.562. The smallest absolute Gasteiger partial charge is 0.223 e. The first-order chi connectivity index (χ1) is 9.61. The first-order valence-electron chi connectivity index (χ1n) is 7.37. The van der Waals surface area contributed by atoms with E-state index in [0.29, 0.717) is 13.0 Å². The van der Waals surface area contributed by atoms with E-state index in [1.54, 1.807) is 0 Å². The maximum Gasteiger partial charge on any atom is 0.223 e. The number of hydrogen-bond acceptors (Lipinski definition) is 2. The van der Waals surface area contributed by atoms with Gasteiger partial charge in [0.2, 0.25) is 5.91 Å². The first-order valence-corrected chi connectivity index (χ1v) is 8.16. The number of nitrogens with two attached hydrogens (primary N) is 1. The van der Waals surface area contributed by atoms with Gasteiger partial charge >= 0.3 is 0 Å². The molecule has 2 unspecified atom stereocenters. The lowest BCUT2D eigenvalue weighted by atomic mass is 9.95. The molecule has 0 aliphatic carbocycles. The number of amides is 1. The fourth-order valence-corrected chi connectivity index (χ4v) is 3.13. The van der Waals surface area contributed by atoms with Crippen molar-refractivity contribution in [3.05, 3.63) is 34.3 Å². The second kappa shape index (κ2) is 7.23. The van der Waals surface area contributed by atoms with E-state index in [9.17, 15) is 4.79 Å². The lowest BCUT2D eigenvalue weighted by Gasteiger charge is -2.35. The summed E-state index contributed by atoms with van der Waals surface area (Å²) < 4.78 is 1.07. The van der Waals surface area contributed by atoms with E-state index in [-0.39, 0.29) is 17.9 Å². The van der Waals surface area contributed by atoms with E-state index in [2.05, 4.69) is 35.0 Å². The predicted molar refractivity (Wildman–Crippen MR) is 85.6 cm³/mol. The molecule has 2 N–H and O–H groups in total. The van der Waals surface area contributed by atoms with Gasteiger partial charge in [0.15, 0.2) is 0 Å². The minimum Gasteiger partial charge on any atom is -0.338 e. The summed E-state index contributed by atoms with van der Waals surface area (Å²) in [6.07, 6.45) is 3.91. The molecule has 1 aliphatic heterocycles. The SMILES string of the molecule is CC(CC(=O)N1CCCCC1CN)c1ccc(Br)cc1. The molecule has 1 amide bonds. The highest BCUT2D eigenvalue weighted by molar-refractivity contribution is 9.10. The van der Waals surface area contributed by atoms with Gasteiger partial charge in [-0.2, -0.15) is 0 Å². The van der Waals surface area contributed by atoms with Crippen LogP contribution >= 0.6 is 15.9 Å². The molecule has 3 nitrogen and oxygen atoms in total. The van der Waals surface area contributed by atoms with Crippen molar-refractivity contribution in [3.63, 3.8) is 0 Å². The summed E-state index contributed by atoms with van der Waals surface area (Å²) in [5.41, 5.74) is 7.00. The number of benzene rings is 1. The monoisotopic (exact) mass is 338 g/mol. The number of nitrogens with zero attached hydrogens (tertiary/aromatic N) is 1. The van der Waals surface area contributed by atoms with Gasteiger partial charge in [-0.1, -0.05) is 35.0 Å². The zero-order chi connectivity index (χ0) is 14.5. The van der Waals surface area contributed by atoms with Gasteiger partial charge in [0.25, 0.3) is 0 Å². The Bertz CT molecular complexity index is 446.